The second-order valence-electron chi connectivity index (χ2n) is 3.91. The van der Waals surface area contributed by atoms with Crippen molar-refractivity contribution in [3.63, 3.8) is 0 Å². The van der Waals surface area contributed by atoms with E-state index in [1.165, 1.54) is 0 Å². The van der Waals surface area contributed by atoms with E-state index in [0.717, 1.165) is 31.6 Å². The van der Waals surface area contributed by atoms with Gasteiger partial charge in [-0.15, -0.1) is 11.6 Å². The number of pyridine rings is 1. The van der Waals surface area contributed by atoms with Gasteiger partial charge in [0.2, 0.25) is 0 Å². The molecule has 3 rings (SSSR count). The number of alkyl halides is 1. The van der Waals surface area contributed by atoms with Crippen LogP contribution in [0.5, 0.6) is 0 Å². The Balaban J connectivity index is 2.41. The van der Waals surface area contributed by atoms with Crippen LogP contribution in [0.15, 0.2) is 45.5 Å². The summed E-state index contributed by atoms with van der Waals surface area (Å²) in [5.41, 5.74) is 2.59. The lowest BCUT2D eigenvalue weighted by Gasteiger charge is -2.11. The third kappa shape index (κ3) is 2.20. The second kappa shape index (κ2) is 5.23. The van der Waals surface area contributed by atoms with Gasteiger partial charge >= 0.3 is 0 Å². The number of nitrogens with zero attached hydrogens (tertiary/aromatic N) is 3. The summed E-state index contributed by atoms with van der Waals surface area (Å²) in [6.45, 7) is 0. The predicted molar refractivity (Wildman–Crippen MR) is 83.8 cm³/mol. The molecule has 2 aromatic heterocycles. The van der Waals surface area contributed by atoms with Crippen molar-refractivity contribution in [2.75, 3.05) is 0 Å². The summed E-state index contributed by atoms with van der Waals surface area (Å²) in [4.78, 5) is 8.93. The topological polar surface area (TPSA) is 30.7 Å². The Labute approximate surface area is 131 Å². The van der Waals surface area contributed by atoms with Crippen LogP contribution in [-0.4, -0.2) is 14.5 Å². The number of hydrogen-bond acceptors (Lipinski definition) is 2. The minimum Gasteiger partial charge on any atom is -0.277 e. The van der Waals surface area contributed by atoms with Crippen LogP contribution in [0.4, 0.5) is 0 Å². The van der Waals surface area contributed by atoms with E-state index in [0.29, 0.717) is 5.88 Å². The molecule has 0 N–H and O–H groups in total. The van der Waals surface area contributed by atoms with E-state index in [4.69, 9.17) is 11.6 Å². The molecule has 6 heteroatoms. The normalized spacial score (nSPS) is 11.1. The van der Waals surface area contributed by atoms with Gasteiger partial charge in [-0.3, -0.25) is 4.57 Å². The number of halogens is 3. The zero-order valence-electron chi connectivity index (χ0n) is 9.65. The molecule has 0 amide bonds. The fourth-order valence-electron chi connectivity index (χ4n) is 1.99. The fraction of sp³-hybridized carbons (Fsp3) is 0.0769. The lowest BCUT2D eigenvalue weighted by Crippen LogP contribution is -2.02. The number of para-hydroxylation sites is 1. The number of benzene rings is 1. The van der Waals surface area contributed by atoms with Crippen LogP contribution >= 0.6 is 43.5 Å². The molecule has 3 nitrogen and oxygen atoms in total. The molecule has 0 saturated heterocycles. The van der Waals surface area contributed by atoms with Gasteiger partial charge in [0, 0.05) is 15.1 Å². The van der Waals surface area contributed by atoms with E-state index in [9.17, 15) is 0 Å². The highest BCUT2D eigenvalue weighted by molar-refractivity contribution is 9.11. The van der Waals surface area contributed by atoms with Crippen molar-refractivity contribution in [1.29, 1.82) is 0 Å². The van der Waals surface area contributed by atoms with Crippen LogP contribution in [0, 0.1) is 0 Å². The molecular weight excluding hydrogens is 393 g/mol. The van der Waals surface area contributed by atoms with Crippen LogP contribution in [-0.2, 0) is 5.88 Å². The van der Waals surface area contributed by atoms with E-state index in [-0.39, 0.29) is 0 Å². The Bertz CT molecular complexity index is 734. The predicted octanol–water partition coefficient (Wildman–Crippen LogP) is 4.68. The van der Waals surface area contributed by atoms with Gasteiger partial charge in [0.1, 0.15) is 11.3 Å². The van der Waals surface area contributed by atoms with Crippen LogP contribution in [0.3, 0.4) is 0 Å². The Morgan fingerprint density at radius 3 is 2.53 bits per heavy atom. The molecule has 2 heterocycles. The van der Waals surface area contributed by atoms with Gasteiger partial charge in [0.15, 0.2) is 5.65 Å². The van der Waals surface area contributed by atoms with Crippen molar-refractivity contribution in [1.82, 2.24) is 14.5 Å². The first-order valence-electron chi connectivity index (χ1n) is 5.55. The molecule has 0 aliphatic carbocycles. The molecule has 96 valence electrons. The molecule has 0 fully saturated rings. The molecule has 0 unspecified atom stereocenters. The Kier molecular flexibility index (Phi) is 3.60. The number of fused-ring (bicyclic) bond motifs is 1. The van der Waals surface area contributed by atoms with Gasteiger partial charge in [0.25, 0.3) is 0 Å². The highest BCUT2D eigenvalue weighted by Crippen LogP contribution is 2.32. The van der Waals surface area contributed by atoms with E-state index in [2.05, 4.69) is 41.8 Å². The minimum absolute atomic E-state index is 0.324. The molecule has 0 saturated carbocycles. The monoisotopic (exact) mass is 399 g/mol. The Hall–Kier alpha value is -0.910. The fourth-order valence-corrected chi connectivity index (χ4v) is 3.52. The van der Waals surface area contributed by atoms with Gasteiger partial charge in [0.05, 0.1) is 11.6 Å². The molecule has 0 aliphatic rings. The van der Waals surface area contributed by atoms with Crippen molar-refractivity contribution in [3.05, 3.63) is 51.3 Å². The van der Waals surface area contributed by atoms with E-state index >= 15 is 0 Å². The first kappa shape index (κ1) is 13.1. The van der Waals surface area contributed by atoms with Crippen molar-refractivity contribution < 1.29 is 0 Å². The maximum atomic E-state index is 6.02. The molecule has 1 aromatic carbocycles. The Morgan fingerprint density at radius 2 is 1.84 bits per heavy atom. The smallest absolute Gasteiger partial charge is 0.164 e. The first-order chi connectivity index (χ1) is 9.22. The van der Waals surface area contributed by atoms with Gasteiger partial charge in [-0.1, -0.05) is 6.07 Å². The number of rotatable bonds is 2. The molecular formula is C13H8Br2ClN3. The quantitative estimate of drug-likeness (QED) is 0.584. The lowest BCUT2D eigenvalue weighted by molar-refractivity contribution is 0.960. The van der Waals surface area contributed by atoms with Gasteiger partial charge in [-0.25, -0.2) is 9.97 Å². The average molecular weight is 401 g/mol. The largest absolute Gasteiger partial charge is 0.277 e. The molecule has 0 bridgehead atoms. The second-order valence-corrected chi connectivity index (χ2v) is 5.89. The third-order valence-electron chi connectivity index (χ3n) is 2.77. The molecule has 3 aromatic rings. The van der Waals surface area contributed by atoms with Crippen molar-refractivity contribution in [3.8, 4) is 5.69 Å². The zero-order valence-corrected chi connectivity index (χ0v) is 13.6. The summed E-state index contributed by atoms with van der Waals surface area (Å²) < 4.78 is 3.88. The highest BCUT2D eigenvalue weighted by atomic mass is 79.9. The van der Waals surface area contributed by atoms with Gasteiger partial charge in [-0.2, -0.15) is 0 Å². The maximum absolute atomic E-state index is 6.02. The number of aromatic nitrogens is 3. The maximum Gasteiger partial charge on any atom is 0.164 e. The average Bonchev–Trinajstić information content (AvgIpc) is 2.77. The van der Waals surface area contributed by atoms with Gasteiger partial charge in [-0.05, 0) is 56.1 Å². The highest BCUT2D eigenvalue weighted by Gasteiger charge is 2.16. The van der Waals surface area contributed by atoms with Crippen LogP contribution in [0.2, 0.25) is 0 Å². The number of hydrogen-bond donors (Lipinski definition) is 0. The van der Waals surface area contributed by atoms with Crippen LogP contribution in [0.25, 0.3) is 16.9 Å². The zero-order chi connectivity index (χ0) is 13.4. The summed E-state index contributed by atoms with van der Waals surface area (Å²) in [5.74, 6) is 1.09. The number of imidazole rings is 1. The van der Waals surface area contributed by atoms with E-state index in [1.54, 1.807) is 6.20 Å². The summed E-state index contributed by atoms with van der Waals surface area (Å²) in [6.07, 6.45) is 1.75. The molecule has 19 heavy (non-hydrogen) atoms. The Morgan fingerprint density at radius 1 is 1.11 bits per heavy atom. The van der Waals surface area contributed by atoms with E-state index < -0.39 is 0 Å². The van der Waals surface area contributed by atoms with Gasteiger partial charge < -0.3 is 0 Å². The first-order valence-corrected chi connectivity index (χ1v) is 7.67. The lowest BCUT2D eigenvalue weighted by atomic mass is 10.3. The minimum atomic E-state index is 0.324. The van der Waals surface area contributed by atoms with Crippen molar-refractivity contribution in [2.24, 2.45) is 0 Å². The van der Waals surface area contributed by atoms with Crippen LogP contribution < -0.4 is 0 Å². The molecule has 0 aliphatic heterocycles. The molecule has 0 atom stereocenters. The van der Waals surface area contributed by atoms with Crippen LogP contribution in [0.1, 0.15) is 5.82 Å². The SMILES string of the molecule is ClCc1nc2cccnc2n1-c1c(Br)cccc1Br. The summed E-state index contributed by atoms with van der Waals surface area (Å²) in [7, 11) is 0. The molecule has 0 spiro atoms. The van der Waals surface area contributed by atoms with E-state index in [1.807, 2.05) is 34.9 Å². The standard InChI is InChI=1S/C13H8Br2ClN3/c14-8-3-1-4-9(15)12(8)19-11(7-16)18-10-5-2-6-17-13(10)19/h1-6H,7H2. The van der Waals surface area contributed by atoms with Crippen molar-refractivity contribution >= 4 is 54.6 Å². The summed E-state index contributed by atoms with van der Waals surface area (Å²) in [6, 6.07) is 9.72. The summed E-state index contributed by atoms with van der Waals surface area (Å²) in [5, 5.41) is 0. The summed E-state index contributed by atoms with van der Waals surface area (Å²) >= 11 is 13.2. The third-order valence-corrected chi connectivity index (χ3v) is 4.29. The molecule has 0 radical (unpaired) electrons. The van der Waals surface area contributed by atoms with Crippen molar-refractivity contribution in [2.45, 2.75) is 5.88 Å².